The lowest BCUT2D eigenvalue weighted by molar-refractivity contribution is -0.0497. The fraction of sp³-hybridized carbons (Fsp3) is 0.250. The van der Waals surface area contributed by atoms with Gasteiger partial charge in [0.15, 0.2) is 5.75 Å². The van der Waals surface area contributed by atoms with E-state index in [0.717, 1.165) is 0 Å². The molecule has 0 heterocycles. The molecule has 1 rings (SSSR count). The Morgan fingerprint density at radius 2 is 2.08 bits per heavy atom. The number of hydrogen-bond donors (Lipinski definition) is 1. The van der Waals surface area contributed by atoms with Crippen molar-refractivity contribution in [3.8, 4) is 5.75 Å². The van der Waals surface area contributed by atoms with Gasteiger partial charge >= 0.3 is 6.61 Å². The maximum Gasteiger partial charge on any atom is 0.387 e. The Bertz CT molecular complexity index is 294. The first-order valence-corrected chi connectivity index (χ1v) is 3.89. The molecule has 0 atom stereocenters. The van der Waals surface area contributed by atoms with Crippen LogP contribution < -0.4 is 10.5 Å². The van der Waals surface area contributed by atoms with Crippen LogP contribution in [0.1, 0.15) is 5.56 Å². The third kappa shape index (κ3) is 2.45. The zero-order valence-electron chi connectivity index (χ0n) is 6.85. The zero-order chi connectivity index (χ0) is 10.0. The fourth-order valence-electron chi connectivity index (χ4n) is 1.01. The minimum Gasteiger partial charge on any atom is -0.432 e. The van der Waals surface area contributed by atoms with E-state index in [-0.39, 0.29) is 11.4 Å². The first kappa shape index (κ1) is 10.1. The Morgan fingerprint density at radius 3 is 2.54 bits per heavy atom. The molecule has 0 spiro atoms. The van der Waals surface area contributed by atoms with Crippen molar-refractivity contribution in [3.63, 3.8) is 0 Å². The van der Waals surface area contributed by atoms with Crippen LogP contribution in [0, 0.1) is 6.92 Å². The molecule has 0 aliphatic carbocycles. The van der Waals surface area contributed by atoms with Crippen LogP contribution in [0.25, 0.3) is 0 Å². The van der Waals surface area contributed by atoms with Gasteiger partial charge in [0.2, 0.25) is 0 Å². The number of ether oxygens (including phenoxy) is 1. The van der Waals surface area contributed by atoms with Gasteiger partial charge in [0.05, 0.1) is 5.69 Å². The lowest BCUT2D eigenvalue weighted by atomic mass is 10.2. The van der Waals surface area contributed by atoms with Crippen LogP contribution in [0.4, 0.5) is 14.5 Å². The molecule has 0 radical (unpaired) electrons. The molecule has 2 N–H and O–H groups in total. The maximum absolute atomic E-state index is 11.9. The molecule has 0 amide bonds. The number of alkyl halides is 2. The second kappa shape index (κ2) is 3.79. The molecular weight excluding hydrogens is 200 g/mol. The Labute approximate surface area is 79.2 Å². The quantitative estimate of drug-likeness (QED) is 0.757. The number of rotatable bonds is 2. The van der Waals surface area contributed by atoms with Crippen LogP contribution >= 0.6 is 11.6 Å². The number of anilines is 1. The largest absolute Gasteiger partial charge is 0.432 e. The number of hydrogen-bond acceptors (Lipinski definition) is 2. The summed E-state index contributed by atoms with van der Waals surface area (Å²) < 4.78 is 28.0. The van der Waals surface area contributed by atoms with Crippen LogP contribution in [-0.4, -0.2) is 6.61 Å². The SMILES string of the molecule is Cc1cc(Cl)cc(N)c1OC(F)F. The summed E-state index contributed by atoms with van der Waals surface area (Å²) in [6.45, 7) is -1.28. The van der Waals surface area contributed by atoms with E-state index in [0.29, 0.717) is 10.6 Å². The van der Waals surface area contributed by atoms with Crippen molar-refractivity contribution < 1.29 is 13.5 Å². The summed E-state index contributed by atoms with van der Waals surface area (Å²) in [6, 6.07) is 2.88. The second-order valence-corrected chi connectivity index (χ2v) is 2.96. The van der Waals surface area contributed by atoms with E-state index in [1.54, 1.807) is 6.92 Å². The minimum absolute atomic E-state index is 0.0144. The summed E-state index contributed by atoms with van der Waals surface area (Å²) in [5.74, 6) is -0.0144. The Kier molecular flexibility index (Phi) is 2.93. The molecular formula is C8H8ClF2NO. The van der Waals surface area contributed by atoms with Crippen LogP contribution in [0.5, 0.6) is 5.75 Å². The van der Waals surface area contributed by atoms with E-state index >= 15 is 0 Å². The van der Waals surface area contributed by atoms with Crippen molar-refractivity contribution in [2.45, 2.75) is 13.5 Å². The molecule has 0 saturated carbocycles. The molecule has 1 aromatic rings. The summed E-state index contributed by atoms with van der Waals surface area (Å²) in [7, 11) is 0. The van der Waals surface area contributed by atoms with E-state index in [9.17, 15) is 8.78 Å². The summed E-state index contributed by atoms with van der Waals surface area (Å²) in [5, 5.41) is 0.400. The van der Waals surface area contributed by atoms with Crippen molar-refractivity contribution in [1.82, 2.24) is 0 Å². The highest BCUT2D eigenvalue weighted by Crippen LogP contribution is 2.30. The normalized spacial score (nSPS) is 10.5. The molecule has 0 aromatic heterocycles. The van der Waals surface area contributed by atoms with Gasteiger partial charge in [0.1, 0.15) is 0 Å². The predicted molar refractivity (Wildman–Crippen MR) is 47.2 cm³/mol. The molecule has 5 heteroatoms. The standard InChI is InChI=1S/C8H8ClF2NO/c1-4-2-5(9)3-6(12)7(4)13-8(10)11/h2-3,8H,12H2,1H3. The van der Waals surface area contributed by atoms with Crippen molar-refractivity contribution >= 4 is 17.3 Å². The average molecular weight is 208 g/mol. The van der Waals surface area contributed by atoms with Crippen LogP contribution in [-0.2, 0) is 0 Å². The monoisotopic (exact) mass is 207 g/mol. The molecule has 72 valence electrons. The van der Waals surface area contributed by atoms with Gasteiger partial charge in [-0.1, -0.05) is 11.6 Å². The van der Waals surface area contributed by atoms with Gasteiger partial charge in [-0.25, -0.2) is 0 Å². The first-order chi connectivity index (χ1) is 6.00. The van der Waals surface area contributed by atoms with Gasteiger partial charge in [0, 0.05) is 5.02 Å². The number of nitrogens with two attached hydrogens (primary N) is 1. The van der Waals surface area contributed by atoms with Crippen molar-refractivity contribution in [2.24, 2.45) is 0 Å². The summed E-state index contributed by atoms with van der Waals surface area (Å²) in [6.07, 6.45) is 0. The number of nitrogen functional groups attached to an aromatic ring is 1. The summed E-state index contributed by atoms with van der Waals surface area (Å²) >= 11 is 5.64. The van der Waals surface area contributed by atoms with Gasteiger partial charge < -0.3 is 10.5 Å². The lowest BCUT2D eigenvalue weighted by Crippen LogP contribution is -2.05. The van der Waals surface area contributed by atoms with Gasteiger partial charge in [0.25, 0.3) is 0 Å². The topological polar surface area (TPSA) is 35.2 Å². The van der Waals surface area contributed by atoms with Gasteiger partial charge in [-0.2, -0.15) is 8.78 Å². The molecule has 0 bridgehead atoms. The third-order valence-electron chi connectivity index (χ3n) is 1.48. The van der Waals surface area contributed by atoms with Crippen LogP contribution in [0.15, 0.2) is 12.1 Å². The molecule has 0 aliphatic heterocycles. The van der Waals surface area contributed by atoms with E-state index in [2.05, 4.69) is 4.74 Å². The number of benzene rings is 1. The van der Waals surface area contributed by atoms with E-state index < -0.39 is 6.61 Å². The van der Waals surface area contributed by atoms with E-state index in [1.807, 2.05) is 0 Å². The molecule has 0 saturated heterocycles. The van der Waals surface area contributed by atoms with Gasteiger partial charge in [-0.05, 0) is 24.6 Å². The molecule has 0 fully saturated rings. The maximum atomic E-state index is 11.9. The van der Waals surface area contributed by atoms with E-state index in [4.69, 9.17) is 17.3 Å². The fourth-order valence-corrected chi connectivity index (χ4v) is 1.29. The summed E-state index contributed by atoms with van der Waals surface area (Å²) in [4.78, 5) is 0. The highest BCUT2D eigenvalue weighted by atomic mass is 35.5. The van der Waals surface area contributed by atoms with Crippen molar-refractivity contribution in [2.75, 3.05) is 5.73 Å². The van der Waals surface area contributed by atoms with Gasteiger partial charge in [-0.3, -0.25) is 0 Å². The van der Waals surface area contributed by atoms with E-state index in [1.165, 1.54) is 12.1 Å². The minimum atomic E-state index is -2.87. The molecule has 0 unspecified atom stereocenters. The highest BCUT2D eigenvalue weighted by molar-refractivity contribution is 6.31. The third-order valence-corrected chi connectivity index (χ3v) is 1.69. The Morgan fingerprint density at radius 1 is 1.46 bits per heavy atom. The summed E-state index contributed by atoms with van der Waals surface area (Å²) in [5.41, 5.74) is 6.03. The van der Waals surface area contributed by atoms with Crippen LogP contribution in [0.2, 0.25) is 5.02 Å². The predicted octanol–water partition coefficient (Wildman–Crippen LogP) is 2.83. The van der Waals surface area contributed by atoms with Crippen LogP contribution in [0.3, 0.4) is 0 Å². The second-order valence-electron chi connectivity index (χ2n) is 2.52. The molecule has 1 aromatic carbocycles. The van der Waals surface area contributed by atoms with Gasteiger partial charge in [-0.15, -0.1) is 0 Å². The average Bonchev–Trinajstić information content (AvgIpc) is 1.96. The number of halogens is 3. The van der Waals surface area contributed by atoms with Crippen molar-refractivity contribution in [3.05, 3.63) is 22.7 Å². The Hall–Kier alpha value is -1.03. The molecule has 13 heavy (non-hydrogen) atoms. The smallest absolute Gasteiger partial charge is 0.387 e. The number of aryl methyl sites for hydroxylation is 1. The molecule has 0 aliphatic rings. The first-order valence-electron chi connectivity index (χ1n) is 3.51. The highest BCUT2D eigenvalue weighted by Gasteiger charge is 2.11. The Balaban J connectivity index is 3.06. The van der Waals surface area contributed by atoms with Crippen molar-refractivity contribution in [1.29, 1.82) is 0 Å². The molecule has 2 nitrogen and oxygen atoms in total. The zero-order valence-corrected chi connectivity index (χ0v) is 7.61. The lowest BCUT2D eigenvalue weighted by Gasteiger charge is -2.10.